The number of ether oxygens (including phenoxy) is 1. The molecule has 2 aliphatic heterocycles. The molecule has 2 atom stereocenters. The number of halogens is 4. The molecular formula is C30H30Cl2F2N4O3. The van der Waals surface area contributed by atoms with Crippen LogP contribution in [0.5, 0.6) is 5.75 Å². The molecule has 5 rings (SSSR count). The molecule has 2 amide bonds. The number of anilines is 1. The number of carbonyl (C=O) groups excluding carboxylic acids is 2. The summed E-state index contributed by atoms with van der Waals surface area (Å²) in [6, 6.07) is 13.0. The van der Waals surface area contributed by atoms with Crippen LogP contribution in [-0.2, 0) is 4.79 Å². The molecule has 2 fully saturated rings. The van der Waals surface area contributed by atoms with Crippen molar-refractivity contribution < 1.29 is 23.1 Å². The van der Waals surface area contributed by atoms with Gasteiger partial charge in [-0.15, -0.1) is 0 Å². The number of benzene rings is 2. The highest BCUT2D eigenvalue weighted by Crippen LogP contribution is 2.35. The highest BCUT2D eigenvalue weighted by Gasteiger charge is 2.43. The molecule has 2 aromatic carbocycles. The van der Waals surface area contributed by atoms with Crippen LogP contribution < -0.4 is 9.64 Å². The van der Waals surface area contributed by atoms with Crippen molar-refractivity contribution in [2.24, 2.45) is 5.92 Å². The third kappa shape index (κ3) is 6.57. The van der Waals surface area contributed by atoms with Gasteiger partial charge in [0, 0.05) is 50.8 Å². The molecule has 216 valence electrons. The molecule has 41 heavy (non-hydrogen) atoms. The van der Waals surface area contributed by atoms with Gasteiger partial charge >= 0.3 is 6.09 Å². The highest BCUT2D eigenvalue weighted by atomic mass is 35.5. The van der Waals surface area contributed by atoms with E-state index < -0.39 is 23.8 Å². The lowest BCUT2D eigenvalue weighted by Crippen LogP contribution is -2.47. The lowest BCUT2D eigenvalue weighted by atomic mass is 9.93. The van der Waals surface area contributed by atoms with Gasteiger partial charge in [0.1, 0.15) is 23.2 Å². The Bertz CT molecular complexity index is 1390. The van der Waals surface area contributed by atoms with Gasteiger partial charge in [0.15, 0.2) is 0 Å². The van der Waals surface area contributed by atoms with Gasteiger partial charge in [-0.1, -0.05) is 29.3 Å². The van der Waals surface area contributed by atoms with Crippen LogP contribution in [0.3, 0.4) is 0 Å². The number of aromatic nitrogens is 1. The second kappa shape index (κ2) is 12.6. The van der Waals surface area contributed by atoms with E-state index in [-0.39, 0.29) is 35.1 Å². The number of nitrogens with zero attached hydrogens (tertiary/aromatic N) is 4. The second-order valence-corrected chi connectivity index (χ2v) is 11.1. The van der Waals surface area contributed by atoms with E-state index in [4.69, 9.17) is 27.9 Å². The molecule has 0 unspecified atom stereocenters. The number of rotatable bonds is 6. The van der Waals surface area contributed by atoms with Crippen LogP contribution in [0.1, 0.15) is 31.2 Å². The van der Waals surface area contributed by atoms with Crippen molar-refractivity contribution in [2.75, 3.05) is 37.6 Å². The Labute approximate surface area is 247 Å². The van der Waals surface area contributed by atoms with E-state index in [1.54, 1.807) is 28.1 Å². The number of piperidine rings is 1. The van der Waals surface area contributed by atoms with Crippen LogP contribution in [0.15, 0.2) is 60.8 Å². The Morgan fingerprint density at radius 3 is 2.39 bits per heavy atom. The monoisotopic (exact) mass is 602 g/mol. The van der Waals surface area contributed by atoms with Crippen molar-refractivity contribution in [2.45, 2.75) is 31.7 Å². The average Bonchev–Trinajstić information content (AvgIpc) is 3.41. The van der Waals surface area contributed by atoms with Gasteiger partial charge < -0.3 is 19.4 Å². The summed E-state index contributed by atoms with van der Waals surface area (Å²) in [7, 11) is 0. The van der Waals surface area contributed by atoms with Crippen LogP contribution >= 0.6 is 23.2 Å². The van der Waals surface area contributed by atoms with Crippen LogP contribution in [0.2, 0.25) is 10.0 Å². The van der Waals surface area contributed by atoms with E-state index >= 15 is 0 Å². The van der Waals surface area contributed by atoms with Gasteiger partial charge in [-0.05, 0) is 73.9 Å². The highest BCUT2D eigenvalue weighted by molar-refractivity contribution is 6.30. The molecule has 0 N–H and O–H groups in total. The molecule has 11 heteroatoms. The fraction of sp³-hybridized carbons (Fsp3) is 0.367. The lowest BCUT2D eigenvalue weighted by Gasteiger charge is -2.34. The third-order valence-corrected chi connectivity index (χ3v) is 8.38. The van der Waals surface area contributed by atoms with Crippen molar-refractivity contribution in [1.29, 1.82) is 0 Å². The molecule has 0 bridgehead atoms. The molecule has 0 saturated carbocycles. The lowest BCUT2D eigenvalue weighted by molar-refractivity contribution is -0.135. The van der Waals surface area contributed by atoms with Gasteiger partial charge in [0.25, 0.3) is 0 Å². The van der Waals surface area contributed by atoms with Crippen LogP contribution in [0, 0.1) is 17.6 Å². The van der Waals surface area contributed by atoms with Crippen LogP contribution in [-0.4, -0.2) is 65.5 Å². The van der Waals surface area contributed by atoms with Crippen molar-refractivity contribution in [3.63, 3.8) is 0 Å². The first-order valence-electron chi connectivity index (χ1n) is 13.6. The third-order valence-electron chi connectivity index (χ3n) is 7.85. The molecule has 1 aromatic heterocycles. The number of pyridine rings is 1. The average molecular weight is 603 g/mol. The van der Waals surface area contributed by atoms with Crippen molar-refractivity contribution in [3.05, 3.63) is 88.0 Å². The Morgan fingerprint density at radius 2 is 1.76 bits per heavy atom. The molecule has 7 nitrogen and oxygen atoms in total. The van der Waals surface area contributed by atoms with E-state index in [1.807, 2.05) is 13.0 Å². The fourth-order valence-corrected chi connectivity index (χ4v) is 5.91. The number of hydrogen-bond acceptors (Lipinski definition) is 5. The summed E-state index contributed by atoms with van der Waals surface area (Å²) in [5, 5.41) is 0.571. The normalized spacial score (nSPS) is 19.3. The molecule has 2 aliphatic rings. The van der Waals surface area contributed by atoms with E-state index in [9.17, 15) is 18.4 Å². The maximum Gasteiger partial charge on any atom is 0.415 e. The first-order valence-corrected chi connectivity index (χ1v) is 14.3. The minimum absolute atomic E-state index is 0.00114. The SMILES string of the molecule is CCN(C(=O)Oc1ccc(F)cc1)[C@@H]1CN(C(=O)C2CCN(c3ccc(Cl)cn3)CC2)C[C@H]1c1ccc(Cl)c(F)c1. The first kappa shape index (κ1) is 29.1. The number of hydrogen-bond donors (Lipinski definition) is 0. The minimum Gasteiger partial charge on any atom is -0.410 e. The summed E-state index contributed by atoms with van der Waals surface area (Å²) < 4.78 is 33.4. The summed E-state index contributed by atoms with van der Waals surface area (Å²) >= 11 is 11.9. The minimum atomic E-state index is -0.624. The Kier molecular flexibility index (Phi) is 8.94. The Morgan fingerprint density at radius 1 is 1.02 bits per heavy atom. The maximum absolute atomic E-state index is 14.5. The van der Waals surface area contributed by atoms with Gasteiger partial charge in [-0.2, -0.15) is 0 Å². The summed E-state index contributed by atoms with van der Waals surface area (Å²) in [6.45, 7) is 4.07. The van der Waals surface area contributed by atoms with Gasteiger partial charge in [0.2, 0.25) is 5.91 Å². The topological polar surface area (TPSA) is 66.0 Å². The summed E-state index contributed by atoms with van der Waals surface area (Å²) in [5.74, 6) is -0.499. The zero-order chi connectivity index (χ0) is 29.1. The van der Waals surface area contributed by atoms with Crippen molar-refractivity contribution in [3.8, 4) is 5.75 Å². The van der Waals surface area contributed by atoms with E-state index in [0.29, 0.717) is 49.6 Å². The van der Waals surface area contributed by atoms with E-state index in [2.05, 4.69) is 9.88 Å². The Balaban J connectivity index is 1.33. The second-order valence-electron chi connectivity index (χ2n) is 10.3. The zero-order valence-electron chi connectivity index (χ0n) is 22.5. The zero-order valence-corrected chi connectivity index (χ0v) is 24.0. The van der Waals surface area contributed by atoms with Gasteiger partial charge in [-0.25, -0.2) is 18.6 Å². The molecule has 3 aromatic rings. The summed E-state index contributed by atoms with van der Waals surface area (Å²) in [5.41, 5.74) is 0.642. The van der Waals surface area contributed by atoms with Crippen molar-refractivity contribution >= 4 is 41.0 Å². The number of carbonyl (C=O) groups is 2. The molecule has 0 radical (unpaired) electrons. The number of likely N-dealkylation sites (N-methyl/N-ethyl adjacent to an activating group) is 1. The Hall–Kier alpha value is -3.43. The van der Waals surface area contributed by atoms with Crippen LogP contribution in [0.25, 0.3) is 0 Å². The number of likely N-dealkylation sites (tertiary alicyclic amines) is 1. The first-order chi connectivity index (χ1) is 19.7. The van der Waals surface area contributed by atoms with Gasteiger partial charge in [0.05, 0.1) is 16.1 Å². The van der Waals surface area contributed by atoms with Crippen LogP contribution in [0.4, 0.5) is 19.4 Å². The molecule has 3 heterocycles. The van der Waals surface area contributed by atoms with Gasteiger partial charge in [-0.3, -0.25) is 4.79 Å². The largest absolute Gasteiger partial charge is 0.415 e. The smallest absolute Gasteiger partial charge is 0.410 e. The van der Waals surface area contributed by atoms with Crippen molar-refractivity contribution in [1.82, 2.24) is 14.8 Å². The van der Waals surface area contributed by atoms with E-state index in [0.717, 1.165) is 5.82 Å². The molecule has 0 spiro atoms. The standard InChI is InChI=1S/C30H30Cl2F2N4O3/c1-2-38(30(40)41-23-7-5-22(33)6-8-23)27-18-37(17-24(27)20-3-9-25(32)26(34)15-20)29(39)19-11-13-36(14-12-19)28-10-4-21(31)16-35-28/h3-10,15-16,19,24,27H,2,11-14,17-18H2,1H3/t24-,27+/m0/s1. The predicted molar refractivity (Wildman–Crippen MR) is 154 cm³/mol. The summed E-state index contributed by atoms with van der Waals surface area (Å²) in [4.78, 5) is 36.9. The quantitative estimate of drug-likeness (QED) is 0.327. The number of amides is 2. The predicted octanol–water partition coefficient (Wildman–Crippen LogP) is 6.40. The maximum atomic E-state index is 14.5. The molecular weight excluding hydrogens is 573 g/mol. The van der Waals surface area contributed by atoms with E-state index in [1.165, 1.54) is 36.4 Å². The molecule has 2 saturated heterocycles. The fourth-order valence-electron chi connectivity index (χ4n) is 5.68. The molecule has 0 aliphatic carbocycles. The summed E-state index contributed by atoms with van der Waals surface area (Å²) in [6.07, 6.45) is 2.31.